The largest absolute Gasteiger partial charge is 0.331 e. The number of H-pyrrole nitrogens is 1. The number of nitrogens with one attached hydrogen (secondary N) is 1. The SMILES string of the molecule is CCC(C)n1c(=S)[nH]c2cccc(Cl)c21. The molecule has 0 bridgehead atoms. The standard InChI is InChI=1S/C11H13ClN2S/c1-3-7(2)14-10-8(12)5-4-6-9(10)13-11(14)15/h4-7H,3H2,1-2H3,(H,13,15). The van der Waals surface area contributed by atoms with Crippen molar-refractivity contribution in [2.75, 3.05) is 0 Å². The van der Waals surface area contributed by atoms with Crippen molar-refractivity contribution >= 4 is 34.9 Å². The molecule has 2 nitrogen and oxygen atoms in total. The third kappa shape index (κ3) is 1.70. The van der Waals surface area contributed by atoms with E-state index >= 15 is 0 Å². The Labute approximate surface area is 98.9 Å². The third-order valence-corrected chi connectivity index (χ3v) is 3.32. The monoisotopic (exact) mass is 240 g/mol. The average Bonchev–Trinajstić information content (AvgIpc) is 2.55. The molecule has 0 fully saturated rings. The van der Waals surface area contributed by atoms with Gasteiger partial charge < -0.3 is 9.55 Å². The van der Waals surface area contributed by atoms with E-state index < -0.39 is 0 Å². The van der Waals surface area contributed by atoms with Gasteiger partial charge in [0, 0.05) is 6.04 Å². The van der Waals surface area contributed by atoms with Crippen LogP contribution < -0.4 is 0 Å². The van der Waals surface area contributed by atoms with Gasteiger partial charge in [-0.15, -0.1) is 0 Å². The van der Waals surface area contributed by atoms with Crippen molar-refractivity contribution < 1.29 is 0 Å². The molecule has 15 heavy (non-hydrogen) atoms. The molecule has 0 amide bonds. The van der Waals surface area contributed by atoms with Gasteiger partial charge in [0.05, 0.1) is 16.1 Å². The quantitative estimate of drug-likeness (QED) is 0.776. The zero-order valence-electron chi connectivity index (χ0n) is 8.75. The Hall–Kier alpha value is -0.800. The number of imidazole rings is 1. The van der Waals surface area contributed by atoms with Crippen LogP contribution in [-0.2, 0) is 0 Å². The second-order valence-electron chi connectivity index (χ2n) is 3.69. The number of aromatic amines is 1. The predicted molar refractivity (Wildman–Crippen MR) is 67.1 cm³/mol. The number of rotatable bonds is 2. The molecule has 80 valence electrons. The Bertz CT molecular complexity index is 541. The number of hydrogen-bond acceptors (Lipinski definition) is 1. The summed E-state index contributed by atoms with van der Waals surface area (Å²) in [6, 6.07) is 6.18. The number of para-hydroxylation sites is 1. The first-order valence-corrected chi connectivity index (χ1v) is 5.82. The number of halogens is 1. The average molecular weight is 241 g/mol. The molecule has 2 rings (SSSR count). The van der Waals surface area contributed by atoms with Crippen LogP contribution in [0, 0.1) is 4.77 Å². The molecular weight excluding hydrogens is 228 g/mol. The zero-order chi connectivity index (χ0) is 11.0. The predicted octanol–water partition coefficient (Wildman–Crippen LogP) is 4.32. The molecule has 0 aliphatic carbocycles. The van der Waals surface area contributed by atoms with Crippen molar-refractivity contribution in [3.63, 3.8) is 0 Å². The molecule has 0 aliphatic rings. The summed E-state index contributed by atoms with van der Waals surface area (Å²) in [4.78, 5) is 3.18. The van der Waals surface area contributed by atoms with E-state index in [1.165, 1.54) is 0 Å². The first-order valence-electron chi connectivity index (χ1n) is 5.04. The third-order valence-electron chi connectivity index (χ3n) is 2.72. The summed E-state index contributed by atoms with van der Waals surface area (Å²) in [5.41, 5.74) is 2.02. The van der Waals surface area contributed by atoms with Gasteiger partial charge in [0.2, 0.25) is 0 Å². The molecule has 2 aromatic rings. The summed E-state index contributed by atoms with van der Waals surface area (Å²) < 4.78 is 2.83. The van der Waals surface area contributed by atoms with Crippen LogP contribution in [0.4, 0.5) is 0 Å². The van der Waals surface area contributed by atoms with Crippen LogP contribution in [0.2, 0.25) is 5.02 Å². The van der Waals surface area contributed by atoms with E-state index in [9.17, 15) is 0 Å². The highest BCUT2D eigenvalue weighted by Gasteiger charge is 2.11. The van der Waals surface area contributed by atoms with Crippen molar-refractivity contribution in [2.45, 2.75) is 26.3 Å². The van der Waals surface area contributed by atoms with Crippen molar-refractivity contribution in [2.24, 2.45) is 0 Å². The number of benzene rings is 1. The Morgan fingerprint density at radius 3 is 2.93 bits per heavy atom. The first kappa shape index (κ1) is 10.7. The maximum atomic E-state index is 6.19. The smallest absolute Gasteiger partial charge is 0.178 e. The van der Waals surface area contributed by atoms with E-state index in [-0.39, 0.29) is 0 Å². The summed E-state index contributed by atoms with van der Waals surface area (Å²) in [6.45, 7) is 4.29. The molecule has 1 N–H and O–H groups in total. The van der Waals surface area contributed by atoms with Gasteiger partial charge in [-0.2, -0.15) is 0 Å². The lowest BCUT2D eigenvalue weighted by molar-refractivity contribution is 0.539. The van der Waals surface area contributed by atoms with Crippen LogP contribution in [0.3, 0.4) is 0 Å². The lowest BCUT2D eigenvalue weighted by atomic mass is 10.2. The fourth-order valence-electron chi connectivity index (χ4n) is 1.74. The van der Waals surface area contributed by atoms with E-state index in [4.69, 9.17) is 23.8 Å². The lowest BCUT2D eigenvalue weighted by Gasteiger charge is -2.12. The molecule has 1 aromatic heterocycles. The Morgan fingerprint density at radius 1 is 1.53 bits per heavy atom. The highest BCUT2D eigenvalue weighted by atomic mass is 35.5. The van der Waals surface area contributed by atoms with E-state index in [0.29, 0.717) is 6.04 Å². The van der Waals surface area contributed by atoms with Gasteiger partial charge in [-0.3, -0.25) is 0 Å². The molecular formula is C11H13ClN2S. The van der Waals surface area contributed by atoms with Crippen molar-refractivity contribution in [3.05, 3.63) is 28.0 Å². The van der Waals surface area contributed by atoms with Gasteiger partial charge in [-0.1, -0.05) is 24.6 Å². The zero-order valence-corrected chi connectivity index (χ0v) is 10.3. The topological polar surface area (TPSA) is 20.7 Å². The Morgan fingerprint density at radius 2 is 2.27 bits per heavy atom. The van der Waals surface area contributed by atoms with Crippen LogP contribution in [0.5, 0.6) is 0 Å². The molecule has 1 atom stereocenters. The Kier molecular flexibility index (Phi) is 2.85. The molecule has 0 spiro atoms. The van der Waals surface area contributed by atoms with E-state index in [1.807, 2.05) is 18.2 Å². The Balaban J connectivity index is 2.82. The van der Waals surface area contributed by atoms with Gasteiger partial charge in [-0.05, 0) is 37.7 Å². The van der Waals surface area contributed by atoms with Gasteiger partial charge in [0.1, 0.15) is 0 Å². The maximum Gasteiger partial charge on any atom is 0.178 e. The van der Waals surface area contributed by atoms with E-state index in [2.05, 4.69) is 23.4 Å². The normalized spacial score (nSPS) is 13.3. The minimum absolute atomic E-state index is 0.367. The minimum Gasteiger partial charge on any atom is -0.331 e. The van der Waals surface area contributed by atoms with E-state index in [1.54, 1.807) is 0 Å². The summed E-state index contributed by atoms with van der Waals surface area (Å²) in [6.07, 6.45) is 1.03. The molecule has 0 radical (unpaired) electrons. The minimum atomic E-state index is 0.367. The van der Waals surface area contributed by atoms with Gasteiger partial charge in [-0.25, -0.2) is 0 Å². The van der Waals surface area contributed by atoms with Crippen LogP contribution in [-0.4, -0.2) is 9.55 Å². The highest BCUT2D eigenvalue weighted by Crippen LogP contribution is 2.27. The summed E-state index contributed by atoms with van der Waals surface area (Å²) >= 11 is 11.5. The van der Waals surface area contributed by atoms with Crippen LogP contribution in [0.25, 0.3) is 11.0 Å². The van der Waals surface area contributed by atoms with Gasteiger partial charge in [0.15, 0.2) is 4.77 Å². The first-order chi connectivity index (χ1) is 7.15. The molecule has 0 saturated carbocycles. The molecule has 1 heterocycles. The fraction of sp³-hybridized carbons (Fsp3) is 0.364. The number of nitrogens with zero attached hydrogens (tertiary/aromatic N) is 1. The molecule has 1 unspecified atom stereocenters. The summed E-state index contributed by atoms with van der Waals surface area (Å²) in [7, 11) is 0. The summed E-state index contributed by atoms with van der Waals surface area (Å²) in [5.74, 6) is 0. The maximum absolute atomic E-state index is 6.19. The van der Waals surface area contributed by atoms with Gasteiger partial charge >= 0.3 is 0 Å². The number of aromatic nitrogens is 2. The second-order valence-corrected chi connectivity index (χ2v) is 4.49. The molecule has 4 heteroatoms. The molecule has 1 aromatic carbocycles. The molecule has 0 aliphatic heterocycles. The van der Waals surface area contributed by atoms with Crippen molar-refractivity contribution in [1.82, 2.24) is 9.55 Å². The number of hydrogen-bond donors (Lipinski definition) is 1. The van der Waals surface area contributed by atoms with Gasteiger partial charge in [0.25, 0.3) is 0 Å². The molecule has 0 saturated heterocycles. The van der Waals surface area contributed by atoms with E-state index in [0.717, 1.165) is 27.2 Å². The number of fused-ring (bicyclic) bond motifs is 1. The second kappa shape index (κ2) is 3.99. The highest BCUT2D eigenvalue weighted by molar-refractivity contribution is 7.71. The van der Waals surface area contributed by atoms with Crippen molar-refractivity contribution in [3.8, 4) is 0 Å². The van der Waals surface area contributed by atoms with Crippen molar-refractivity contribution in [1.29, 1.82) is 0 Å². The summed E-state index contributed by atoms with van der Waals surface area (Å²) in [5, 5.41) is 0.750. The fourth-order valence-corrected chi connectivity index (χ4v) is 2.39. The van der Waals surface area contributed by atoms with Crippen LogP contribution in [0.1, 0.15) is 26.3 Å². The van der Waals surface area contributed by atoms with Crippen LogP contribution >= 0.6 is 23.8 Å². The lowest BCUT2D eigenvalue weighted by Crippen LogP contribution is -2.03. The van der Waals surface area contributed by atoms with Crippen LogP contribution in [0.15, 0.2) is 18.2 Å².